The summed E-state index contributed by atoms with van der Waals surface area (Å²) in [6, 6.07) is 4.88. The second-order valence-electron chi connectivity index (χ2n) is 6.56. The van der Waals surface area contributed by atoms with Crippen molar-refractivity contribution < 1.29 is 9.13 Å². The van der Waals surface area contributed by atoms with Crippen molar-refractivity contribution in [3.8, 4) is 5.75 Å². The highest BCUT2D eigenvalue weighted by Gasteiger charge is 2.12. The Hall–Kier alpha value is -1.56. The van der Waals surface area contributed by atoms with E-state index < -0.39 is 0 Å². The molecule has 7 nitrogen and oxygen atoms in total. The normalized spacial score (nSPS) is 12.2. The Kier molecular flexibility index (Phi) is 12.7. The number of nitrogens with zero attached hydrogens (tertiary/aromatic N) is 4. The molecule has 2 aromatic rings. The molecule has 10 heteroatoms. The predicted molar refractivity (Wildman–Crippen MR) is 133 cm³/mol. The van der Waals surface area contributed by atoms with Gasteiger partial charge < -0.3 is 19.9 Å². The predicted octanol–water partition coefficient (Wildman–Crippen LogP) is 3.66. The molecular weight excluding hydrogens is 518 g/mol. The molecule has 30 heavy (non-hydrogen) atoms. The number of halogens is 2. The van der Waals surface area contributed by atoms with Gasteiger partial charge in [0.2, 0.25) is 0 Å². The molecule has 1 unspecified atom stereocenters. The standard InChI is InChI=1S/C20H31FN6OS.HI/c1-5-19-26-24-14-27(19)11-10-23-20(22-9-6-12-29-4)25-15(2)16-7-8-18(28-3)17(21)13-16;/h7-8,13-15H,5-6,9-12H2,1-4H3,(H2,22,23,25);1H. The van der Waals surface area contributed by atoms with E-state index in [9.17, 15) is 4.39 Å². The molecule has 1 aromatic heterocycles. The van der Waals surface area contributed by atoms with E-state index in [0.29, 0.717) is 12.5 Å². The van der Waals surface area contributed by atoms with Crippen molar-refractivity contribution in [2.75, 3.05) is 32.2 Å². The number of hydrogen-bond donors (Lipinski definition) is 2. The number of aryl methyl sites for hydroxylation is 1. The number of guanidine groups is 1. The molecule has 0 aliphatic heterocycles. The molecule has 0 bridgehead atoms. The highest BCUT2D eigenvalue weighted by molar-refractivity contribution is 14.0. The number of hydrogen-bond acceptors (Lipinski definition) is 5. The smallest absolute Gasteiger partial charge is 0.191 e. The van der Waals surface area contributed by atoms with Crippen LogP contribution >= 0.6 is 35.7 Å². The SMILES string of the molecule is CCc1nncn1CCNC(=NCCCSC)NC(C)c1ccc(OC)c(F)c1.I. The number of aliphatic imine (C=N–C) groups is 1. The van der Waals surface area contributed by atoms with E-state index in [2.05, 4.69) is 39.0 Å². The Bertz CT molecular complexity index is 788. The van der Waals surface area contributed by atoms with Crippen LogP contribution in [0.4, 0.5) is 4.39 Å². The van der Waals surface area contributed by atoms with Crippen molar-refractivity contribution in [2.45, 2.75) is 39.3 Å². The molecule has 0 radical (unpaired) electrons. The minimum atomic E-state index is -0.371. The average molecular weight is 550 g/mol. The number of rotatable bonds is 11. The van der Waals surface area contributed by atoms with Crippen LogP contribution in [0, 0.1) is 5.82 Å². The summed E-state index contributed by atoms with van der Waals surface area (Å²) in [5.74, 6) is 2.60. The molecular formula is C20H32FIN6OS. The van der Waals surface area contributed by atoms with E-state index in [1.165, 1.54) is 13.2 Å². The quantitative estimate of drug-likeness (QED) is 0.193. The van der Waals surface area contributed by atoms with E-state index in [4.69, 9.17) is 4.74 Å². The summed E-state index contributed by atoms with van der Waals surface area (Å²) in [7, 11) is 1.46. The maximum atomic E-state index is 14.1. The van der Waals surface area contributed by atoms with Crippen molar-refractivity contribution in [3.05, 3.63) is 41.7 Å². The summed E-state index contributed by atoms with van der Waals surface area (Å²) in [4.78, 5) is 4.67. The minimum Gasteiger partial charge on any atom is -0.494 e. The second kappa shape index (κ2) is 14.4. The van der Waals surface area contributed by atoms with Gasteiger partial charge >= 0.3 is 0 Å². The molecule has 1 heterocycles. The number of ether oxygens (including phenoxy) is 1. The zero-order chi connectivity index (χ0) is 21.1. The lowest BCUT2D eigenvalue weighted by Gasteiger charge is -2.19. The van der Waals surface area contributed by atoms with Crippen molar-refractivity contribution in [2.24, 2.45) is 4.99 Å². The van der Waals surface area contributed by atoms with Gasteiger partial charge in [0, 0.05) is 26.1 Å². The molecule has 1 atom stereocenters. The Balaban J connectivity index is 0.00000450. The first-order chi connectivity index (χ1) is 14.1. The zero-order valence-electron chi connectivity index (χ0n) is 18.0. The number of methoxy groups -OCH3 is 1. The summed E-state index contributed by atoms with van der Waals surface area (Å²) < 4.78 is 21.1. The lowest BCUT2D eigenvalue weighted by molar-refractivity contribution is 0.386. The number of thioether (sulfide) groups is 1. The van der Waals surface area contributed by atoms with Gasteiger partial charge in [-0.2, -0.15) is 11.8 Å². The van der Waals surface area contributed by atoms with Crippen LogP contribution in [0.3, 0.4) is 0 Å². The molecule has 0 fully saturated rings. The molecule has 168 valence electrons. The van der Waals surface area contributed by atoms with Crippen molar-refractivity contribution >= 4 is 41.7 Å². The van der Waals surface area contributed by atoms with Crippen LogP contribution in [-0.2, 0) is 13.0 Å². The second-order valence-corrected chi connectivity index (χ2v) is 7.54. The Morgan fingerprint density at radius 2 is 2.20 bits per heavy atom. The molecule has 2 rings (SSSR count). The number of nitrogens with one attached hydrogen (secondary N) is 2. The van der Waals surface area contributed by atoms with E-state index >= 15 is 0 Å². The van der Waals surface area contributed by atoms with Crippen LogP contribution < -0.4 is 15.4 Å². The first-order valence-electron chi connectivity index (χ1n) is 9.82. The fourth-order valence-corrected chi connectivity index (χ4v) is 3.24. The lowest BCUT2D eigenvalue weighted by Crippen LogP contribution is -2.40. The highest BCUT2D eigenvalue weighted by atomic mass is 127. The minimum absolute atomic E-state index is 0. The summed E-state index contributed by atoms with van der Waals surface area (Å²) in [5, 5.41) is 14.8. The Morgan fingerprint density at radius 1 is 1.40 bits per heavy atom. The van der Waals surface area contributed by atoms with Crippen LogP contribution in [0.15, 0.2) is 29.5 Å². The molecule has 0 aliphatic rings. The summed E-state index contributed by atoms with van der Waals surface area (Å²) in [6.07, 6.45) is 5.68. The van der Waals surface area contributed by atoms with Gasteiger partial charge in [0.15, 0.2) is 17.5 Å². The van der Waals surface area contributed by atoms with Crippen LogP contribution in [-0.4, -0.2) is 52.9 Å². The van der Waals surface area contributed by atoms with Crippen LogP contribution in [0.2, 0.25) is 0 Å². The molecule has 0 amide bonds. The Morgan fingerprint density at radius 3 is 2.87 bits per heavy atom. The number of benzene rings is 1. The third kappa shape index (κ3) is 8.29. The maximum absolute atomic E-state index is 14.1. The van der Waals surface area contributed by atoms with E-state index in [1.54, 1.807) is 12.4 Å². The molecule has 0 saturated carbocycles. The van der Waals surface area contributed by atoms with Crippen molar-refractivity contribution in [1.29, 1.82) is 0 Å². The third-order valence-electron chi connectivity index (χ3n) is 4.46. The monoisotopic (exact) mass is 550 g/mol. The zero-order valence-corrected chi connectivity index (χ0v) is 21.2. The van der Waals surface area contributed by atoms with Crippen LogP contribution in [0.5, 0.6) is 5.75 Å². The van der Waals surface area contributed by atoms with Crippen molar-refractivity contribution in [1.82, 2.24) is 25.4 Å². The largest absolute Gasteiger partial charge is 0.494 e. The summed E-state index contributed by atoms with van der Waals surface area (Å²) in [6.45, 7) is 6.20. The average Bonchev–Trinajstić information content (AvgIpc) is 3.18. The van der Waals surface area contributed by atoms with E-state index in [-0.39, 0.29) is 41.6 Å². The molecule has 2 N–H and O–H groups in total. The fourth-order valence-electron chi connectivity index (χ4n) is 2.83. The van der Waals surface area contributed by atoms with Gasteiger partial charge in [0.05, 0.1) is 13.2 Å². The first-order valence-corrected chi connectivity index (χ1v) is 11.2. The van der Waals surface area contributed by atoms with Crippen molar-refractivity contribution in [3.63, 3.8) is 0 Å². The number of aromatic nitrogens is 3. The molecule has 0 saturated heterocycles. The summed E-state index contributed by atoms with van der Waals surface area (Å²) >= 11 is 1.81. The lowest BCUT2D eigenvalue weighted by atomic mass is 10.1. The van der Waals surface area contributed by atoms with Gasteiger partial charge in [-0.1, -0.05) is 13.0 Å². The maximum Gasteiger partial charge on any atom is 0.191 e. The van der Waals surface area contributed by atoms with Crippen LogP contribution in [0.25, 0.3) is 0 Å². The molecule has 1 aromatic carbocycles. The molecule has 0 spiro atoms. The van der Waals surface area contributed by atoms with E-state index in [0.717, 1.165) is 43.1 Å². The van der Waals surface area contributed by atoms with Crippen LogP contribution in [0.1, 0.15) is 37.7 Å². The fraction of sp³-hybridized carbons (Fsp3) is 0.550. The summed E-state index contributed by atoms with van der Waals surface area (Å²) in [5.41, 5.74) is 0.828. The van der Waals surface area contributed by atoms with E-state index in [1.807, 2.05) is 29.3 Å². The topological polar surface area (TPSA) is 76.4 Å². The highest BCUT2D eigenvalue weighted by Crippen LogP contribution is 2.21. The Labute approximate surface area is 199 Å². The van der Waals surface area contributed by atoms with Gasteiger partial charge in [-0.25, -0.2) is 4.39 Å². The van der Waals surface area contributed by atoms with Gasteiger partial charge in [0.1, 0.15) is 12.2 Å². The first kappa shape index (κ1) is 26.5. The van der Waals surface area contributed by atoms with Gasteiger partial charge in [-0.05, 0) is 43.0 Å². The van der Waals surface area contributed by atoms with Gasteiger partial charge in [-0.15, -0.1) is 34.2 Å². The third-order valence-corrected chi connectivity index (χ3v) is 5.16. The van der Waals surface area contributed by atoms with Gasteiger partial charge in [0.25, 0.3) is 0 Å². The molecule has 0 aliphatic carbocycles. The van der Waals surface area contributed by atoms with Gasteiger partial charge in [-0.3, -0.25) is 4.99 Å².